The van der Waals surface area contributed by atoms with E-state index < -0.39 is 6.04 Å². The molecule has 0 aliphatic heterocycles. The Labute approximate surface area is 95.9 Å². The third-order valence-corrected chi connectivity index (χ3v) is 1.98. The predicted octanol–water partition coefficient (Wildman–Crippen LogP) is -1.01. The van der Waals surface area contributed by atoms with Gasteiger partial charge in [0.15, 0.2) is 0 Å². The molecule has 6 nitrogen and oxygen atoms in total. The molecule has 0 saturated heterocycles. The van der Waals surface area contributed by atoms with Crippen LogP contribution >= 0.6 is 0 Å². The van der Waals surface area contributed by atoms with Crippen LogP contribution in [0.3, 0.4) is 0 Å². The van der Waals surface area contributed by atoms with Crippen LogP contribution in [0.4, 0.5) is 0 Å². The van der Waals surface area contributed by atoms with E-state index in [0.29, 0.717) is 32.5 Å². The minimum absolute atomic E-state index is 0.153. The number of ether oxygens (including phenoxy) is 1. The molecule has 0 aliphatic rings. The molecular formula is C10H21N3O3. The smallest absolute Gasteiger partial charge is 0.242 e. The lowest BCUT2D eigenvalue weighted by Crippen LogP contribution is -2.45. The predicted molar refractivity (Wildman–Crippen MR) is 60.8 cm³/mol. The molecule has 0 bridgehead atoms. The fourth-order valence-electron chi connectivity index (χ4n) is 1.07. The number of amides is 2. The first-order valence-electron chi connectivity index (χ1n) is 5.38. The van der Waals surface area contributed by atoms with Gasteiger partial charge in [-0.2, -0.15) is 0 Å². The van der Waals surface area contributed by atoms with E-state index in [1.807, 2.05) is 0 Å². The van der Waals surface area contributed by atoms with E-state index in [9.17, 15) is 9.59 Å². The zero-order chi connectivity index (χ0) is 12.4. The molecule has 0 spiro atoms. The van der Waals surface area contributed by atoms with Gasteiger partial charge in [-0.3, -0.25) is 9.59 Å². The highest BCUT2D eigenvalue weighted by Gasteiger charge is 2.14. The molecule has 0 fully saturated rings. The maximum atomic E-state index is 11.4. The minimum atomic E-state index is -0.526. The van der Waals surface area contributed by atoms with Gasteiger partial charge >= 0.3 is 0 Å². The van der Waals surface area contributed by atoms with Crippen molar-refractivity contribution in [3.05, 3.63) is 0 Å². The molecule has 0 saturated carbocycles. The highest BCUT2D eigenvalue weighted by molar-refractivity contribution is 5.87. The van der Waals surface area contributed by atoms with Crippen molar-refractivity contribution in [1.29, 1.82) is 0 Å². The first kappa shape index (κ1) is 14.9. The molecule has 94 valence electrons. The zero-order valence-electron chi connectivity index (χ0n) is 9.91. The van der Waals surface area contributed by atoms with Gasteiger partial charge in [-0.05, 0) is 19.9 Å². The Bertz CT molecular complexity index is 221. The highest BCUT2D eigenvalue weighted by Crippen LogP contribution is 1.89. The van der Waals surface area contributed by atoms with Crippen LogP contribution in [0.2, 0.25) is 0 Å². The Balaban J connectivity index is 3.73. The Kier molecular flexibility index (Phi) is 8.46. The van der Waals surface area contributed by atoms with Crippen LogP contribution in [0.5, 0.6) is 0 Å². The van der Waals surface area contributed by atoms with Gasteiger partial charge in [-0.15, -0.1) is 0 Å². The number of nitrogens with two attached hydrogens (primary N) is 1. The molecule has 2 amide bonds. The van der Waals surface area contributed by atoms with Crippen LogP contribution in [-0.4, -0.2) is 44.7 Å². The van der Waals surface area contributed by atoms with Crippen molar-refractivity contribution in [1.82, 2.24) is 10.6 Å². The zero-order valence-corrected chi connectivity index (χ0v) is 9.91. The SMILES string of the molecule is COCCNC(=O)C(C)NC(=O)CCCN. The summed E-state index contributed by atoms with van der Waals surface area (Å²) < 4.78 is 4.79. The summed E-state index contributed by atoms with van der Waals surface area (Å²) in [5, 5.41) is 5.24. The molecule has 1 atom stereocenters. The number of hydrogen-bond acceptors (Lipinski definition) is 4. The second-order valence-electron chi connectivity index (χ2n) is 3.47. The van der Waals surface area contributed by atoms with E-state index in [0.717, 1.165) is 0 Å². The molecule has 0 heterocycles. The van der Waals surface area contributed by atoms with Gasteiger partial charge in [0.2, 0.25) is 11.8 Å². The van der Waals surface area contributed by atoms with E-state index in [2.05, 4.69) is 10.6 Å². The lowest BCUT2D eigenvalue weighted by molar-refractivity contribution is -0.128. The monoisotopic (exact) mass is 231 g/mol. The number of carbonyl (C=O) groups excluding carboxylic acids is 2. The summed E-state index contributed by atoms with van der Waals surface area (Å²) >= 11 is 0. The van der Waals surface area contributed by atoms with Gasteiger partial charge in [0.25, 0.3) is 0 Å². The average molecular weight is 231 g/mol. The topological polar surface area (TPSA) is 93.5 Å². The lowest BCUT2D eigenvalue weighted by Gasteiger charge is -2.13. The van der Waals surface area contributed by atoms with Crippen LogP contribution in [0, 0.1) is 0 Å². The molecule has 4 N–H and O–H groups in total. The van der Waals surface area contributed by atoms with Crippen LogP contribution in [0.1, 0.15) is 19.8 Å². The van der Waals surface area contributed by atoms with Gasteiger partial charge in [0.05, 0.1) is 6.61 Å². The van der Waals surface area contributed by atoms with Crippen molar-refractivity contribution in [2.75, 3.05) is 26.8 Å². The summed E-state index contributed by atoms with van der Waals surface area (Å²) in [6, 6.07) is -0.526. The number of methoxy groups -OCH3 is 1. The first-order valence-corrected chi connectivity index (χ1v) is 5.38. The van der Waals surface area contributed by atoms with Crippen molar-refractivity contribution < 1.29 is 14.3 Å². The number of nitrogens with one attached hydrogen (secondary N) is 2. The molecular weight excluding hydrogens is 210 g/mol. The van der Waals surface area contributed by atoms with E-state index in [1.54, 1.807) is 14.0 Å². The number of carbonyl (C=O) groups is 2. The molecule has 0 aromatic heterocycles. The molecule has 0 aliphatic carbocycles. The van der Waals surface area contributed by atoms with Gasteiger partial charge in [0, 0.05) is 20.1 Å². The van der Waals surface area contributed by atoms with E-state index in [4.69, 9.17) is 10.5 Å². The van der Waals surface area contributed by atoms with Crippen LogP contribution in [-0.2, 0) is 14.3 Å². The van der Waals surface area contributed by atoms with Gasteiger partial charge < -0.3 is 21.1 Å². The Morgan fingerprint density at radius 1 is 1.44 bits per heavy atom. The van der Waals surface area contributed by atoms with Crippen molar-refractivity contribution in [2.45, 2.75) is 25.8 Å². The van der Waals surface area contributed by atoms with Crippen molar-refractivity contribution >= 4 is 11.8 Å². The van der Waals surface area contributed by atoms with E-state index in [1.165, 1.54) is 0 Å². The largest absolute Gasteiger partial charge is 0.383 e. The van der Waals surface area contributed by atoms with Gasteiger partial charge in [-0.1, -0.05) is 0 Å². The molecule has 6 heteroatoms. The Morgan fingerprint density at radius 3 is 2.69 bits per heavy atom. The highest BCUT2D eigenvalue weighted by atomic mass is 16.5. The molecule has 0 aromatic rings. The Morgan fingerprint density at radius 2 is 2.12 bits per heavy atom. The second kappa shape index (κ2) is 9.11. The van der Waals surface area contributed by atoms with Crippen molar-refractivity contribution in [3.8, 4) is 0 Å². The van der Waals surface area contributed by atoms with Crippen molar-refractivity contribution in [3.63, 3.8) is 0 Å². The van der Waals surface area contributed by atoms with Crippen LogP contribution in [0.25, 0.3) is 0 Å². The quantitative estimate of drug-likeness (QED) is 0.467. The second-order valence-corrected chi connectivity index (χ2v) is 3.47. The minimum Gasteiger partial charge on any atom is -0.383 e. The Hall–Kier alpha value is -1.14. The fourth-order valence-corrected chi connectivity index (χ4v) is 1.07. The number of rotatable bonds is 8. The van der Waals surface area contributed by atoms with E-state index in [-0.39, 0.29) is 11.8 Å². The number of hydrogen-bond donors (Lipinski definition) is 3. The van der Waals surface area contributed by atoms with Crippen LogP contribution in [0.15, 0.2) is 0 Å². The van der Waals surface area contributed by atoms with Crippen molar-refractivity contribution in [2.24, 2.45) is 5.73 Å². The molecule has 16 heavy (non-hydrogen) atoms. The molecule has 0 rings (SSSR count). The standard InChI is InChI=1S/C10H21N3O3/c1-8(10(15)12-6-7-16-2)13-9(14)4-3-5-11/h8H,3-7,11H2,1-2H3,(H,12,15)(H,13,14). The molecule has 1 unspecified atom stereocenters. The molecule has 0 radical (unpaired) electrons. The maximum absolute atomic E-state index is 11.4. The summed E-state index contributed by atoms with van der Waals surface area (Å²) in [5.74, 6) is -0.363. The first-order chi connectivity index (χ1) is 7.61. The average Bonchev–Trinajstić information content (AvgIpc) is 2.26. The summed E-state index contributed by atoms with van der Waals surface area (Å²) in [6.07, 6.45) is 0.982. The summed E-state index contributed by atoms with van der Waals surface area (Å²) in [7, 11) is 1.56. The third-order valence-electron chi connectivity index (χ3n) is 1.98. The lowest BCUT2D eigenvalue weighted by atomic mass is 10.2. The van der Waals surface area contributed by atoms with Crippen LogP contribution < -0.4 is 16.4 Å². The molecule has 0 aromatic carbocycles. The van der Waals surface area contributed by atoms with Gasteiger partial charge in [0.1, 0.15) is 6.04 Å². The normalized spacial score (nSPS) is 11.9. The summed E-state index contributed by atoms with van der Waals surface area (Å²) in [6.45, 7) is 3.02. The fraction of sp³-hybridized carbons (Fsp3) is 0.800. The van der Waals surface area contributed by atoms with E-state index >= 15 is 0 Å². The summed E-state index contributed by atoms with van der Waals surface area (Å²) in [4.78, 5) is 22.7. The maximum Gasteiger partial charge on any atom is 0.242 e. The summed E-state index contributed by atoms with van der Waals surface area (Å²) in [5.41, 5.74) is 5.28. The van der Waals surface area contributed by atoms with Gasteiger partial charge in [-0.25, -0.2) is 0 Å². The third kappa shape index (κ3) is 7.19.